The highest BCUT2D eigenvalue weighted by atomic mass is 32.1. The lowest BCUT2D eigenvalue weighted by molar-refractivity contribution is 0.0785. The van der Waals surface area contributed by atoms with Gasteiger partial charge in [0.05, 0.1) is 17.8 Å². The summed E-state index contributed by atoms with van der Waals surface area (Å²) in [5, 5.41) is 2.03. The molecule has 5 heteroatoms. The molecule has 4 rings (SSSR count). The second kappa shape index (κ2) is 6.32. The minimum atomic E-state index is 0.0222. The zero-order valence-corrected chi connectivity index (χ0v) is 14.5. The van der Waals surface area contributed by atoms with E-state index in [1.807, 2.05) is 37.4 Å². The predicted octanol–water partition coefficient (Wildman–Crippen LogP) is 3.84. The Morgan fingerprint density at radius 1 is 1.25 bits per heavy atom. The number of fused-ring (bicyclic) bond motifs is 2. The summed E-state index contributed by atoms with van der Waals surface area (Å²) < 4.78 is 0. The van der Waals surface area contributed by atoms with Crippen molar-refractivity contribution in [3.63, 3.8) is 0 Å². The summed E-state index contributed by atoms with van der Waals surface area (Å²) >= 11 is 1.76. The first-order valence-corrected chi connectivity index (χ1v) is 9.10. The molecule has 122 valence electrons. The van der Waals surface area contributed by atoms with Crippen molar-refractivity contribution in [2.45, 2.75) is 32.2 Å². The van der Waals surface area contributed by atoms with Crippen LogP contribution in [0, 0.1) is 0 Å². The summed E-state index contributed by atoms with van der Waals surface area (Å²) in [5.41, 5.74) is 2.85. The third-order valence-electron chi connectivity index (χ3n) is 4.46. The standard InChI is InChI=1S/C19H19N3OS/c1-22(12-18-21-16-6-2-3-7-17(16)24-18)19(23)14-8-9-15-13(11-14)5-4-10-20-15/h4-5,8-11H,2-3,6-7,12H2,1H3. The van der Waals surface area contributed by atoms with E-state index < -0.39 is 0 Å². The van der Waals surface area contributed by atoms with Crippen molar-refractivity contribution in [1.82, 2.24) is 14.9 Å². The van der Waals surface area contributed by atoms with Gasteiger partial charge in [-0.05, 0) is 49.9 Å². The van der Waals surface area contributed by atoms with Crippen LogP contribution in [0.25, 0.3) is 10.9 Å². The second-order valence-electron chi connectivity index (χ2n) is 6.26. The van der Waals surface area contributed by atoms with Gasteiger partial charge in [-0.3, -0.25) is 9.78 Å². The zero-order valence-electron chi connectivity index (χ0n) is 13.7. The van der Waals surface area contributed by atoms with Gasteiger partial charge in [-0.25, -0.2) is 4.98 Å². The number of aryl methyl sites for hydroxylation is 2. The van der Waals surface area contributed by atoms with Gasteiger partial charge in [0, 0.05) is 29.1 Å². The smallest absolute Gasteiger partial charge is 0.253 e. The molecule has 0 saturated heterocycles. The molecule has 0 radical (unpaired) electrons. The fourth-order valence-corrected chi connectivity index (χ4v) is 4.39. The molecule has 0 unspecified atom stereocenters. The summed E-state index contributed by atoms with van der Waals surface area (Å²) in [5.74, 6) is 0.0222. The fourth-order valence-electron chi connectivity index (χ4n) is 3.18. The van der Waals surface area contributed by atoms with Crippen molar-refractivity contribution in [2.24, 2.45) is 0 Å². The van der Waals surface area contributed by atoms with Crippen molar-refractivity contribution >= 4 is 28.1 Å². The Bertz CT molecular complexity index is 879. The van der Waals surface area contributed by atoms with Gasteiger partial charge < -0.3 is 4.90 Å². The van der Waals surface area contributed by atoms with E-state index in [1.165, 1.54) is 23.4 Å². The maximum Gasteiger partial charge on any atom is 0.253 e. The molecule has 2 heterocycles. The molecule has 1 aromatic carbocycles. The highest BCUT2D eigenvalue weighted by Crippen LogP contribution is 2.27. The predicted molar refractivity (Wildman–Crippen MR) is 96.3 cm³/mol. The zero-order chi connectivity index (χ0) is 16.5. The van der Waals surface area contributed by atoms with Gasteiger partial charge in [-0.15, -0.1) is 11.3 Å². The topological polar surface area (TPSA) is 46.1 Å². The summed E-state index contributed by atoms with van der Waals surface area (Å²) in [7, 11) is 1.84. The minimum Gasteiger partial charge on any atom is -0.335 e. The first-order valence-electron chi connectivity index (χ1n) is 8.28. The number of benzene rings is 1. The normalized spacial score (nSPS) is 13.7. The van der Waals surface area contributed by atoms with Crippen molar-refractivity contribution in [2.75, 3.05) is 7.05 Å². The van der Waals surface area contributed by atoms with E-state index in [0.29, 0.717) is 12.1 Å². The van der Waals surface area contributed by atoms with Gasteiger partial charge in [0.1, 0.15) is 5.01 Å². The monoisotopic (exact) mass is 337 g/mol. The number of pyridine rings is 1. The molecule has 1 amide bonds. The van der Waals surface area contributed by atoms with Crippen LogP contribution in [0.5, 0.6) is 0 Å². The summed E-state index contributed by atoms with van der Waals surface area (Å²) in [6.07, 6.45) is 6.48. The van der Waals surface area contributed by atoms with E-state index in [0.717, 1.165) is 28.8 Å². The first-order chi connectivity index (χ1) is 11.7. The Kier molecular flexibility index (Phi) is 4.02. The Morgan fingerprint density at radius 3 is 3.00 bits per heavy atom. The van der Waals surface area contributed by atoms with Crippen LogP contribution in [0.1, 0.15) is 38.8 Å². The second-order valence-corrected chi connectivity index (χ2v) is 7.42. The molecule has 0 atom stereocenters. The molecule has 0 saturated carbocycles. The molecular weight excluding hydrogens is 318 g/mol. The molecule has 1 aliphatic carbocycles. The quantitative estimate of drug-likeness (QED) is 0.729. The molecule has 0 aliphatic heterocycles. The molecule has 1 aliphatic rings. The third-order valence-corrected chi connectivity index (χ3v) is 5.60. The van der Waals surface area contributed by atoms with Crippen molar-refractivity contribution in [1.29, 1.82) is 0 Å². The number of thiazole rings is 1. The highest BCUT2D eigenvalue weighted by Gasteiger charge is 2.18. The SMILES string of the molecule is CN(Cc1nc2c(s1)CCCC2)C(=O)c1ccc2ncccc2c1. The first kappa shape index (κ1) is 15.3. The molecule has 0 N–H and O–H groups in total. The lowest BCUT2D eigenvalue weighted by Gasteiger charge is -2.16. The maximum absolute atomic E-state index is 12.7. The number of carbonyl (C=O) groups is 1. The third kappa shape index (κ3) is 2.91. The van der Waals surface area contributed by atoms with Gasteiger partial charge in [-0.2, -0.15) is 0 Å². The molecule has 24 heavy (non-hydrogen) atoms. The van der Waals surface area contributed by atoms with Crippen LogP contribution in [-0.2, 0) is 19.4 Å². The summed E-state index contributed by atoms with van der Waals surface area (Å²) in [4.78, 5) is 24.9. The molecule has 0 spiro atoms. The summed E-state index contributed by atoms with van der Waals surface area (Å²) in [6.45, 7) is 0.571. The van der Waals surface area contributed by atoms with E-state index in [9.17, 15) is 4.79 Å². The Balaban J connectivity index is 1.53. The van der Waals surface area contributed by atoms with Gasteiger partial charge in [0.2, 0.25) is 0 Å². The number of nitrogens with zero attached hydrogens (tertiary/aromatic N) is 3. The number of carbonyl (C=O) groups excluding carboxylic acids is 1. The van der Waals surface area contributed by atoms with Crippen molar-refractivity contribution < 1.29 is 4.79 Å². The maximum atomic E-state index is 12.7. The van der Waals surface area contributed by atoms with E-state index >= 15 is 0 Å². The van der Waals surface area contributed by atoms with Crippen LogP contribution in [0.3, 0.4) is 0 Å². The average molecular weight is 337 g/mol. The highest BCUT2D eigenvalue weighted by molar-refractivity contribution is 7.11. The van der Waals surface area contributed by atoms with E-state index in [-0.39, 0.29) is 5.91 Å². The Hall–Kier alpha value is -2.27. The fraction of sp³-hybridized carbons (Fsp3) is 0.316. The lowest BCUT2D eigenvalue weighted by atomic mass is 10.0. The van der Waals surface area contributed by atoms with Gasteiger partial charge in [0.25, 0.3) is 5.91 Å². The van der Waals surface area contributed by atoms with Crippen LogP contribution in [0.4, 0.5) is 0 Å². The molecule has 4 nitrogen and oxygen atoms in total. The average Bonchev–Trinajstić information content (AvgIpc) is 3.02. The van der Waals surface area contributed by atoms with Crippen LogP contribution < -0.4 is 0 Å². The Morgan fingerprint density at radius 2 is 2.12 bits per heavy atom. The number of hydrogen-bond acceptors (Lipinski definition) is 4. The molecule has 2 aromatic heterocycles. The van der Waals surface area contributed by atoms with Crippen molar-refractivity contribution in [3.8, 4) is 0 Å². The van der Waals surface area contributed by atoms with Crippen molar-refractivity contribution in [3.05, 3.63) is 57.7 Å². The number of rotatable bonds is 3. The van der Waals surface area contributed by atoms with Crippen LogP contribution in [-0.4, -0.2) is 27.8 Å². The Labute approximate surface area is 145 Å². The number of aromatic nitrogens is 2. The molecule has 0 fully saturated rings. The van der Waals surface area contributed by atoms with E-state index in [4.69, 9.17) is 4.98 Å². The van der Waals surface area contributed by atoms with Crippen LogP contribution in [0.15, 0.2) is 36.5 Å². The number of amides is 1. The van der Waals surface area contributed by atoms with E-state index in [2.05, 4.69) is 4.98 Å². The largest absolute Gasteiger partial charge is 0.335 e. The van der Waals surface area contributed by atoms with Crippen LogP contribution in [0.2, 0.25) is 0 Å². The van der Waals surface area contributed by atoms with Gasteiger partial charge in [-0.1, -0.05) is 6.07 Å². The lowest BCUT2D eigenvalue weighted by Crippen LogP contribution is -2.26. The number of hydrogen-bond donors (Lipinski definition) is 0. The molecule has 0 bridgehead atoms. The van der Waals surface area contributed by atoms with Gasteiger partial charge in [0.15, 0.2) is 0 Å². The molecular formula is C19H19N3OS. The summed E-state index contributed by atoms with van der Waals surface area (Å²) in [6, 6.07) is 9.53. The van der Waals surface area contributed by atoms with E-state index in [1.54, 1.807) is 22.4 Å². The van der Waals surface area contributed by atoms with Crippen LogP contribution >= 0.6 is 11.3 Å². The van der Waals surface area contributed by atoms with Gasteiger partial charge >= 0.3 is 0 Å². The minimum absolute atomic E-state index is 0.0222. The molecule has 3 aromatic rings.